The Morgan fingerprint density at radius 2 is 2.13 bits per heavy atom. The van der Waals surface area contributed by atoms with Crippen LogP contribution < -0.4 is 5.32 Å². The Balaban J connectivity index is 1.33. The number of aromatic amines is 1. The molecule has 0 radical (unpaired) electrons. The largest absolute Gasteiger partial charge is 0.330 e. The molecule has 5 rings (SSSR count). The van der Waals surface area contributed by atoms with E-state index in [9.17, 15) is 4.79 Å². The molecular weight excluding hydrogens is 400 g/mol. The summed E-state index contributed by atoms with van der Waals surface area (Å²) in [7, 11) is 1.78. The zero-order chi connectivity index (χ0) is 20.5. The standard InChI is InChI=1S/C20H16N8OS/c1-28-11-14(10-23-28)18(29)8-16-6-12(4-5-21-16)19-26-27-20(30-19)24-15-2-3-17-13(7-15)9-22-25-17/h2-7,9-11H,8H2,1H3,(H,22,25)(H,24,27). The fraction of sp³-hybridized carbons (Fsp3) is 0.100. The van der Waals surface area contributed by atoms with Crippen molar-refractivity contribution in [3.8, 4) is 10.6 Å². The minimum Gasteiger partial charge on any atom is -0.330 e. The summed E-state index contributed by atoms with van der Waals surface area (Å²) >= 11 is 1.43. The number of ketones is 1. The number of hydrogen-bond acceptors (Lipinski definition) is 8. The zero-order valence-electron chi connectivity index (χ0n) is 15.9. The summed E-state index contributed by atoms with van der Waals surface area (Å²) in [5.41, 5.74) is 4.00. The summed E-state index contributed by atoms with van der Waals surface area (Å²) in [6.07, 6.45) is 6.93. The molecule has 5 aromatic rings. The Morgan fingerprint density at radius 1 is 1.20 bits per heavy atom. The second-order valence-corrected chi connectivity index (χ2v) is 7.73. The Morgan fingerprint density at radius 3 is 3.00 bits per heavy atom. The van der Waals surface area contributed by atoms with Gasteiger partial charge in [0, 0.05) is 41.8 Å². The van der Waals surface area contributed by atoms with Crippen LogP contribution in [0.2, 0.25) is 0 Å². The lowest BCUT2D eigenvalue weighted by atomic mass is 10.1. The summed E-state index contributed by atoms with van der Waals surface area (Å²) in [5.74, 6) is -0.0259. The number of nitrogens with one attached hydrogen (secondary N) is 2. The van der Waals surface area contributed by atoms with Gasteiger partial charge in [-0.2, -0.15) is 10.2 Å². The van der Waals surface area contributed by atoms with Gasteiger partial charge in [0.25, 0.3) is 0 Å². The molecule has 2 N–H and O–H groups in total. The van der Waals surface area contributed by atoms with Crippen molar-refractivity contribution in [3.63, 3.8) is 0 Å². The van der Waals surface area contributed by atoms with Crippen LogP contribution >= 0.6 is 11.3 Å². The fourth-order valence-corrected chi connectivity index (χ4v) is 3.83. The van der Waals surface area contributed by atoms with Crippen LogP contribution in [0.4, 0.5) is 10.8 Å². The normalized spacial score (nSPS) is 11.1. The monoisotopic (exact) mass is 416 g/mol. The van der Waals surface area contributed by atoms with Crippen molar-refractivity contribution in [2.45, 2.75) is 6.42 Å². The molecule has 0 aliphatic heterocycles. The number of nitrogens with zero attached hydrogens (tertiary/aromatic N) is 6. The van der Waals surface area contributed by atoms with E-state index in [1.54, 1.807) is 36.5 Å². The van der Waals surface area contributed by atoms with Crippen LogP contribution in [0, 0.1) is 0 Å². The van der Waals surface area contributed by atoms with Crippen LogP contribution in [-0.2, 0) is 13.5 Å². The van der Waals surface area contributed by atoms with Gasteiger partial charge in [0.15, 0.2) is 5.78 Å². The zero-order valence-corrected chi connectivity index (χ0v) is 16.7. The molecule has 0 amide bonds. The van der Waals surface area contributed by atoms with Crippen molar-refractivity contribution in [2.24, 2.45) is 7.05 Å². The molecule has 148 valence electrons. The van der Waals surface area contributed by atoms with Gasteiger partial charge in [0.05, 0.1) is 29.9 Å². The first-order chi connectivity index (χ1) is 14.6. The fourth-order valence-electron chi connectivity index (χ4n) is 3.07. The van der Waals surface area contributed by atoms with Crippen LogP contribution in [0.3, 0.4) is 0 Å². The maximum atomic E-state index is 12.4. The first-order valence-electron chi connectivity index (χ1n) is 9.15. The lowest BCUT2D eigenvalue weighted by Crippen LogP contribution is -2.04. The summed E-state index contributed by atoms with van der Waals surface area (Å²) < 4.78 is 1.61. The minimum absolute atomic E-state index is 0.0259. The van der Waals surface area contributed by atoms with Gasteiger partial charge in [0.2, 0.25) is 5.13 Å². The predicted octanol–water partition coefficient (Wildman–Crippen LogP) is 3.38. The molecule has 10 heteroatoms. The number of anilines is 2. The number of benzene rings is 1. The van der Waals surface area contributed by atoms with Crippen molar-refractivity contribution in [2.75, 3.05) is 5.32 Å². The van der Waals surface area contributed by atoms with E-state index in [4.69, 9.17) is 0 Å². The number of hydrogen-bond donors (Lipinski definition) is 2. The van der Waals surface area contributed by atoms with E-state index in [1.807, 2.05) is 30.3 Å². The molecule has 0 aliphatic rings. The van der Waals surface area contributed by atoms with Crippen LogP contribution in [0.1, 0.15) is 16.1 Å². The number of Topliss-reactive ketones (excluding diaryl/α,β-unsaturated/α-hetero) is 1. The van der Waals surface area contributed by atoms with Crippen molar-refractivity contribution in [3.05, 3.63) is 66.4 Å². The molecule has 4 aromatic heterocycles. The molecule has 0 aliphatic carbocycles. The maximum Gasteiger partial charge on any atom is 0.210 e. The third-order valence-corrected chi connectivity index (χ3v) is 5.44. The molecule has 0 fully saturated rings. The van der Waals surface area contributed by atoms with Crippen molar-refractivity contribution < 1.29 is 4.79 Å². The van der Waals surface area contributed by atoms with Crippen LogP contribution in [0.5, 0.6) is 0 Å². The number of carbonyl (C=O) groups is 1. The number of carbonyl (C=O) groups excluding carboxylic acids is 1. The number of pyridine rings is 1. The third-order valence-electron chi connectivity index (χ3n) is 4.55. The van der Waals surface area contributed by atoms with E-state index in [-0.39, 0.29) is 12.2 Å². The second kappa shape index (κ2) is 7.48. The van der Waals surface area contributed by atoms with Gasteiger partial charge in [-0.3, -0.25) is 19.6 Å². The van der Waals surface area contributed by atoms with E-state index in [0.717, 1.165) is 27.2 Å². The molecule has 0 spiro atoms. The summed E-state index contributed by atoms with van der Waals surface area (Å²) in [6, 6.07) is 9.64. The number of H-pyrrole nitrogens is 1. The average molecular weight is 416 g/mol. The SMILES string of the molecule is Cn1cc(C(=O)Cc2cc(-c3nnc(Nc4ccc5[nH]ncc5c4)s3)ccn2)cn1. The molecule has 0 saturated carbocycles. The number of rotatable bonds is 6. The van der Waals surface area contributed by atoms with Crippen molar-refractivity contribution >= 4 is 38.8 Å². The van der Waals surface area contributed by atoms with Crippen LogP contribution in [0.25, 0.3) is 21.5 Å². The van der Waals surface area contributed by atoms with Gasteiger partial charge >= 0.3 is 0 Å². The highest BCUT2D eigenvalue weighted by molar-refractivity contribution is 7.18. The Labute approximate surface area is 174 Å². The molecular formula is C20H16N8OS. The Kier molecular flexibility index (Phi) is 4.52. The van der Waals surface area contributed by atoms with Gasteiger partial charge in [-0.15, -0.1) is 10.2 Å². The van der Waals surface area contributed by atoms with Crippen LogP contribution in [-0.4, -0.2) is 40.9 Å². The van der Waals surface area contributed by atoms with Gasteiger partial charge in [-0.25, -0.2) is 0 Å². The van der Waals surface area contributed by atoms with E-state index in [0.29, 0.717) is 16.4 Å². The van der Waals surface area contributed by atoms with E-state index < -0.39 is 0 Å². The summed E-state index contributed by atoms with van der Waals surface area (Å²) in [5, 5.41) is 25.2. The summed E-state index contributed by atoms with van der Waals surface area (Å²) in [6.45, 7) is 0. The minimum atomic E-state index is -0.0259. The third kappa shape index (κ3) is 3.67. The molecule has 0 bridgehead atoms. The second-order valence-electron chi connectivity index (χ2n) is 6.75. The lowest BCUT2D eigenvalue weighted by Gasteiger charge is -2.02. The highest BCUT2D eigenvalue weighted by atomic mass is 32.1. The van der Waals surface area contributed by atoms with Gasteiger partial charge in [0.1, 0.15) is 5.01 Å². The number of fused-ring (bicyclic) bond motifs is 1. The molecule has 0 atom stereocenters. The number of aryl methyl sites for hydroxylation is 1. The molecule has 30 heavy (non-hydrogen) atoms. The quantitative estimate of drug-likeness (QED) is 0.408. The lowest BCUT2D eigenvalue weighted by molar-refractivity contribution is 0.0992. The topological polar surface area (TPSA) is 114 Å². The first kappa shape index (κ1) is 18.1. The van der Waals surface area contributed by atoms with Gasteiger partial charge in [-0.1, -0.05) is 11.3 Å². The Hall–Kier alpha value is -3.92. The van der Waals surface area contributed by atoms with E-state index in [1.165, 1.54) is 11.3 Å². The predicted molar refractivity (Wildman–Crippen MR) is 114 cm³/mol. The molecule has 0 unspecified atom stereocenters. The van der Waals surface area contributed by atoms with Crippen LogP contribution in [0.15, 0.2) is 55.1 Å². The highest BCUT2D eigenvalue weighted by Gasteiger charge is 2.13. The van der Waals surface area contributed by atoms with E-state index >= 15 is 0 Å². The van der Waals surface area contributed by atoms with Gasteiger partial charge < -0.3 is 5.32 Å². The number of aromatic nitrogens is 7. The Bertz CT molecular complexity index is 1350. The van der Waals surface area contributed by atoms with E-state index in [2.05, 4.69) is 35.8 Å². The highest BCUT2D eigenvalue weighted by Crippen LogP contribution is 2.29. The molecule has 4 heterocycles. The maximum absolute atomic E-state index is 12.4. The first-order valence-corrected chi connectivity index (χ1v) is 9.96. The average Bonchev–Trinajstić information content (AvgIpc) is 3.49. The molecule has 0 saturated heterocycles. The van der Waals surface area contributed by atoms with Crippen molar-refractivity contribution in [1.82, 2.24) is 35.2 Å². The molecule has 9 nitrogen and oxygen atoms in total. The van der Waals surface area contributed by atoms with Gasteiger partial charge in [-0.05, 0) is 30.3 Å². The summed E-state index contributed by atoms with van der Waals surface area (Å²) in [4.78, 5) is 16.7. The smallest absolute Gasteiger partial charge is 0.210 e. The van der Waals surface area contributed by atoms with Crippen molar-refractivity contribution in [1.29, 1.82) is 0 Å². The molecule has 1 aromatic carbocycles.